The van der Waals surface area contributed by atoms with Crippen LogP contribution in [0.15, 0.2) is 36.8 Å². The number of hydrogen-bond donors (Lipinski definition) is 1. The molecule has 2 heterocycles. The summed E-state index contributed by atoms with van der Waals surface area (Å²) < 4.78 is 0. The number of rotatable bonds is 3. The van der Waals surface area contributed by atoms with E-state index in [0.29, 0.717) is 5.95 Å². The van der Waals surface area contributed by atoms with E-state index in [4.69, 9.17) is 5.26 Å². The van der Waals surface area contributed by atoms with Gasteiger partial charge in [0.05, 0.1) is 11.8 Å². The van der Waals surface area contributed by atoms with Gasteiger partial charge in [-0.25, -0.2) is 9.97 Å². The van der Waals surface area contributed by atoms with Crippen molar-refractivity contribution in [2.45, 2.75) is 19.4 Å². The molecule has 0 saturated carbocycles. The van der Waals surface area contributed by atoms with E-state index < -0.39 is 5.54 Å². The minimum Gasteiger partial charge on any atom is -0.336 e. The molecule has 2 rings (SSSR count). The number of nitriles is 1. The van der Waals surface area contributed by atoms with Gasteiger partial charge < -0.3 is 5.32 Å². The van der Waals surface area contributed by atoms with Gasteiger partial charge in [-0.15, -0.1) is 0 Å². The zero-order valence-electron chi connectivity index (χ0n) is 10.3. The molecule has 5 nitrogen and oxygen atoms in total. The molecular formula is C13H13N5. The summed E-state index contributed by atoms with van der Waals surface area (Å²) in [5.41, 5.74) is 0.978. The van der Waals surface area contributed by atoms with Crippen LogP contribution in [-0.2, 0) is 0 Å². The second-order valence-electron chi connectivity index (χ2n) is 4.37. The van der Waals surface area contributed by atoms with Crippen LogP contribution in [-0.4, -0.2) is 20.5 Å². The number of anilines is 1. The lowest BCUT2D eigenvalue weighted by atomic mass is 10.1. The van der Waals surface area contributed by atoms with Crippen molar-refractivity contribution in [1.82, 2.24) is 15.0 Å². The fraction of sp³-hybridized carbons (Fsp3) is 0.231. The first-order valence-corrected chi connectivity index (χ1v) is 5.54. The van der Waals surface area contributed by atoms with E-state index in [2.05, 4.69) is 26.3 Å². The van der Waals surface area contributed by atoms with Gasteiger partial charge in [0.1, 0.15) is 5.54 Å². The van der Waals surface area contributed by atoms with Crippen LogP contribution in [0.25, 0.3) is 11.3 Å². The average molecular weight is 239 g/mol. The van der Waals surface area contributed by atoms with Gasteiger partial charge >= 0.3 is 0 Å². The summed E-state index contributed by atoms with van der Waals surface area (Å²) >= 11 is 0. The van der Waals surface area contributed by atoms with Crippen LogP contribution in [0, 0.1) is 11.3 Å². The Hall–Kier alpha value is -2.48. The summed E-state index contributed by atoms with van der Waals surface area (Å²) in [5, 5.41) is 11.9. The molecule has 0 radical (unpaired) electrons. The van der Waals surface area contributed by atoms with Crippen LogP contribution in [0.3, 0.4) is 0 Å². The van der Waals surface area contributed by atoms with Crippen molar-refractivity contribution in [3.63, 3.8) is 0 Å². The highest BCUT2D eigenvalue weighted by Crippen LogP contribution is 2.16. The van der Waals surface area contributed by atoms with E-state index >= 15 is 0 Å². The predicted molar refractivity (Wildman–Crippen MR) is 68.6 cm³/mol. The zero-order valence-corrected chi connectivity index (χ0v) is 10.3. The number of aromatic nitrogens is 3. The van der Waals surface area contributed by atoms with Crippen molar-refractivity contribution >= 4 is 5.95 Å². The standard InChI is InChI=1S/C13H13N5/c1-13(2,9-14)18-12-16-7-10(8-17-12)11-5-3-4-6-15-11/h3-8H,1-2H3,(H,16,17,18). The Morgan fingerprint density at radius 2 is 1.89 bits per heavy atom. The molecule has 0 amide bonds. The molecule has 1 N–H and O–H groups in total. The predicted octanol–water partition coefficient (Wildman–Crippen LogP) is 2.25. The monoisotopic (exact) mass is 239 g/mol. The quantitative estimate of drug-likeness (QED) is 0.889. The van der Waals surface area contributed by atoms with Crippen LogP contribution >= 0.6 is 0 Å². The zero-order chi connectivity index (χ0) is 13.0. The fourth-order valence-corrected chi connectivity index (χ4v) is 1.37. The maximum atomic E-state index is 8.91. The largest absolute Gasteiger partial charge is 0.336 e. The van der Waals surface area contributed by atoms with Crippen LogP contribution in [0.2, 0.25) is 0 Å². The first-order chi connectivity index (χ1) is 8.61. The third-order valence-electron chi connectivity index (χ3n) is 2.32. The lowest BCUT2D eigenvalue weighted by Gasteiger charge is -2.16. The Kier molecular flexibility index (Phi) is 3.20. The number of hydrogen-bond acceptors (Lipinski definition) is 5. The summed E-state index contributed by atoms with van der Waals surface area (Å²) in [6, 6.07) is 7.79. The lowest BCUT2D eigenvalue weighted by Crippen LogP contribution is -2.29. The van der Waals surface area contributed by atoms with Gasteiger partial charge in [0.25, 0.3) is 0 Å². The van der Waals surface area contributed by atoms with Crippen LogP contribution in [0.1, 0.15) is 13.8 Å². The fourth-order valence-electron chi connectivity index (χ4n) is 1.37. The molecule has 0 atom stereocenters. The molecule has 0 fully saturated rings. The Bertz CT molecular complexity index is 554. The van der Waals surface area contributed by atoms with Crippen LogP contribution in [0.5, 0.6) is 0 Å². The first-order valence-electron chi connectivity index (χ1n) is 5.54. The summed E-state index contributed by atoms with van der Waals surface area (Å²) in [7, 11) is 0. The third-order valence-corrected chi connectivity index (χ3v) is 2.32. The Balaban J connectivity index is 2.19. The lowest BCUT2D eigenvalue weighted by molar-refractivity contribution is 0.717. The molecule has 18 heavy (non-hydrogen) atoms. The molecule has 0 aliphatic rings. The number of pyridine rings is 1. The highest BCUT2D eigenvalue weighted by Gasteiger charge is 2.16. The summed E-state index contributed by atoms with van der Waals surface area (Å²) in [5.74, 6) is 0.432. The molecule has 0 aliphatic carbocycles. The van der Waals surface area contributed by atoms with Gasteiger partial charge in [-0.1, -0.05) is 6.07 Å². The molecule has 2 aromatic rings. The summed E-state index contributed by atoms with van der Waals surface area (Å²) in [4.78, 5) is 12.6. The van der Waals surface area contributed by atoms with Gasteiger partial charge in [-0.3, -0.25) is 4.98 Å². The third kappa shape index (κ3) is 2.80. The molecule has 2 aromatic heterocycles. The Morgan fingerprint density at radius 3 is 2.44 bits per heavy atom. The molecule has 0 unspecified atom stereocenters. The highest BCUT2D eigenvalue weighted by atomic mass is 15.1. The minimum absolute atomic E-state index is 0.432. The van der Waals surface area contributed by atoms with Gasteiger partial charge in [-0.05, 0) is 26.0 Å². The van der Waals surface area contributed by atoms with Gasteiger partial charge in [-0.2, -0.15) is 5.26 Å². The molecule has 0 saturated heterocycles. The normalized spacial score (nSPS) is 10.7. The van der Waals surface area contributed by atoms with E-state index in [9.17, 15) is 0 Å². The summed E-state index contributed by atoms with van der Waals surface area (Å²) in [6.45, 7) is 3.53. The molecular weight excluding hydrogens is 226 g/mol. The smallest absolute Gasteiger partial charge is 0.223 e. The van der Waals surface area contributed by atoms with Crippen molar-refractivity contribution < 1.29 is 0 Å². The van der Waals surface area contributed by atoms with E-state index in [1.807, 2.05) is 18.2 Å². The van der Waals surface area contributed by atoms with Crippen molar-refractivity contribution in [3.05, 3.63) is 36.8 Å². The second-order valence-corrected chi connectivity index (χ2v) is 4.37. The molecule has 0 aromatic carbocycles. The average Bonchev–Trinajstić information content (AvgIpc) is 2.40. The van der Waals surface area contributed by atoms with Crippen molar-refractivity contribution in [2.75, 3.05) is 5.32 Å². The van der Waals surface area contributed by atoms with Gasteiger partial charge in [0.2, 0.25) is 5.95 Å². The van der Waals surface area contributed by atoms with Gasteiger partial charge in [0, 0.05) is 24.2 Å². The van der Waals surface area contributed by atoms with Crippen molar-refractivity contribution in [1.29, 1.82) is 5.26 Å². The van der Waals surface area contributed by atoms with Crippen LogP contribution < -0.4 is 5.32 Å². The maximum absolute atomic E-state index is 8.91. The number of nitrogens with zero attached hydrogens (tertiary/aromatic N) is 4. The maximum Gasteiger partial charge on any atom is 0.223 e. The molecule has 5 heteroatoms. The molecule has 0 spiro atoms. The van der Waals surface area contributed by atoms with Gasteiger partial charge in [0.15, 0.2) is 0 Å². The van der Waals surface area contributed by atoms with E-state index in [0.717, 1.165) is 11.3 Å². The topological polar surface area (TPSA) is 74.5 Å². The SMILES string of the molecule is CC(C)(C#N)Nc1ncc(-c2ccccn2)cn1. The van der Waals surface area contributed by atoms with Crippen molar-refractivity contribution in [3.8, 4) is 17.3 Å². The summed E-state index contributed by atoms with van der Waals surface area (Å²) in [6.07, 6.45) is 5.09. The Morgan fingerprint density at radius 1 is 1.17 bits per heavy atom. The molecule has 0 bridgehead atoms. The molecule has 0 aliphatic heterocycles. The van der Waals surface area contributed by atoms with Crippen LogP contribution in [0.4, 0.5) is 5.95 Å². The number of nitrogens with one attached hydrogen (secondary N) is 1. The minimum atomic E-state index is -0.688. The first kappa shape index (κ1) is 12.0. The highest BCUT2D eigenvalue weighted by molar-refractivity contribution is 5.57. The van der Waals surface area contributed by atoms with Crippen molar-refractivity contribution in [2.24, 2.45) is 0 Å². The Labute approximate surface area is 106 Å². The van der Waals surface area contributed by atoms with E-state index in [1.165, 1.54) is 0 Å². The molecule has 90 valence electrons. The van der Waals surface area contributed by atoms with E-state index in [1.54, 1.807) is 32.4 Å². The second kappa shape index (κ2) is 4.80. The van der Waals surface area contributed by atoms with E-state index in [-0.39, 0.29) is 0 Å².